The molecule has 0 radical (unpaired) electrons. The lowest BCUT2D eigenvalue weighted by atomic mass is 10.3. The van der Waals surface area contributed by atoms with Crippen molar-refractivity contribution in [3.63, 3.8) is 0 Å². The maximum Gasteiger partial charge on any atom is 0.312 e. The highest BCUT2D eigenvalue weighted by Crippen LogP contribution is 2.26. The minimum Gasteiger partial charge on any atom is -0.497 e. The number of esters is 1. The molecule has 2 amide bonds. The van der Waals surface area contributed by atoms with Gasteiger partial charge in [0.05, 0.1) is 30.6 Å². The summed E-state index contributed by atoms with van der Waals surface area (Å²) < 4.78 is 15.8. The predicted octanol–water partition coefficient (Wildman–Crippen LogP) is 2.90. The first-order valence-electron chi connectivity index (χ1n) is 9.69. The lowest BCUT2D eigenvalue weighted by molar-refractivity contribution is -0.151. The molecular formula is C22H23N3O6S. The van der Waals surface area contributed by atoms with E-state index in [1.165, 1.54) is 30.4 Å². The quantitative estimate of drug-likeness (QED) is 0.492. The number of oxazole rings is 1. The van der Waals surface area contributed by atoms with E-state index in [2.05, 4.69) is 10.3 Å². The molecule has 10 heteroatoms. The van der Waals surface area contributed by atoms with Crippen LogP contribution in [0.2, 0.25) is 0 Å². The van der Waals surface area contributed by atoms with Gasteiger partial charge in [-0.3, -0.25) is 14.4 Å². The molecule has 1 aromatic carbocycles. The number of ether oxygens (including phenoxy) is 2. The fourth-order valence-electron chi connectivity index (χ4n) is 2.74. The highest BCUT2D eigenvalue weighted by Gasteiger charge is 2.19. The summed E-state index contributed by atoms with van der Waals surface area (Å²) in [7, 11) is 2.98. The summed E-state index contributed by atoms with van der Waals surface area (Å²) in [6.45, 7) is 1.04. The van der Waals surface area contributed by atoms with Crippen LogP contribution in [0.25, 0.3) is 10.8 Å². The van der Waals surface area contributed by atoms with E-state index in [9.17, 15) is 14.4 Å². The van der Waals surface area contributed by atoms with Gasteiger partial charge in [0, 0.05) is 18.8 Å². The molecule has 2 aromatic heterocycles. The van der Waals surface area contributed by atoms with Gasteiger partial charge in [-0.25, -0.2) is 4.98 Å². The number of methoxy groups -OCH3 is 1. The molecule has 0 saturated carbocycles. The molecule has 9 nitrogen and oxygen atoms in total. The Bertz CT molecular complexity index is 1090. The number of nitrogens with one attached hydrogen (secondary N) is 1. The number of thiophene rings is 1. The van der Waals surface area contributed by atoms with E-state index >= 15 is 0 Å². The molecule has 32 heavy (non-hydrogen) atoms. The van der Waals surface area contributed by atoms with Crippen molar-refractivity contribution >= 4 is 34.8 Å². The van der Waals surface area contributed by atoms with Gasteiger partial charge in [-0.1, -0.05) is 12.1 Å². The van der Waals surface area contributed by atoms with Gasteiger partial charge >= 0.3 is 5.97 Å². The minimum absolute atomic E-state index is 0.117. The van der Waals surface area contributed by atoms with Crippen molar-refractivity contribution in [2.24, 2.45) is 0 Å². The maximum atomic E-state index is 12.2. The first-order valence-corrected chi connectivity index (χ1v) is 10.6. The van der Waals surface area contributed by atoms with Crippen LogP contribution in [-0.4, -0.2) is 55.0 Å². The Morgan fingerprint density at radius 2 is 2.03 bits per heavy atom. The Balaban J connectivity index is 1.45. The number of likely N-dealkylation sites (N-methyl/N-ethyl adjacent to an activating group) is 1. The number of aromatic nitrogens is 1. The summed E-state index contributed by atoms with van der Waals surface area (Å²) in [6.07, 6.45) is -0.117. The average molecular weight is 458 g/mol. The van der Waals surface area contributed by atoms with Crippen molar-refractivity contribution in [2.75, 3.05) is 32.6 Å². The average Bonchev–Trinajstić information content (AvgIpc) is 3.42. The van der Waals surface area contributed by atoms with Crippen molar-refractivity contribution < 1.29 is 28.3 Å². The highest BCUT2D eigenvalue weighted by atomic mass is 32.1. The second kappa shape index (κ2) is 10.6. The number of amides is 2. The lowest BCUT2D eigenvalue weighted by Crippen LogP contribution is -2.37. The zero-order valence-electron chi connectivity index (χ0n) is 17.9. The number of carbonyl (C=O) groups excluding carboxylic acids is 3. The van der Waals surface area contributed by atoms with E-state index in [1.54, 1.807) is 31.2 Å². The third-order valence-corrected chi connectivity index (χ3v) is 5.31. The predicted molar refractivity (Wildman–Crippen MR) is 118 cm³/mol. The summed E-state index contributed by atoms with van der Waals surface area (Å²) >= 11 is 1.48. The van der Waals surface area contributed by atoms with Gasteiger partial charge in [-0.15, -0.1) is 11.3 Å². The third-order valence-electron chi connectivity index (χ3n) is 4.45. The van der Waals surface area contributed by atoms with Crippen LogP contribution in [0.15, 0.2) is 46.2 Å². The van der Waals surface area contributed by atoms with Crippen LogP contribution < -0.4 is 10.1 Å². The fraction of sp³-hybridized carbons (Fsp3) is 0.273. The summed E-state index contributed by atoms with van der Waals surface area (Å²) in [5, 5.41) is 4.59. The molecule has 2 heterocycles. The summed E-state index contributed by atoms with van der Waals surface area (Å²) in [5.41, 5.74) is 1.00. The smallest absolute Gasteiger partial charge is 0.312 e. The van der Waals surface area contributed by atoms with Crippen molar-refractivity contribution in [1.29, 1.82) is 0 Å². The SMILES string of the molecule is COc1cccc(NC(=O)CN(C)C(=O)COC(=O)Cc2nc(-c3cccs3)oc2C)c1. The standard InChI is InChI=1S/C22H23N3O6S/c1-14-17(24-22(31-14)18-8-5-9-32-18)11-21(28)30-13-20(27)25(2)12-19(26)23-15-6-4-7-16(10-15)29-3/h4-10H,11-13H2,1-3H3,(H,23,26). The molecule has 0 atom stereocenters. The molecule has 0 aliphatic carbocycles. The van der Waals surface area contributed by atoms with Crippen LogP contribution in [0.3, 0.4) is 0 Å². The van der Waals surface area contributed by atoms with Crippen LogP contribution in [0.1, 0.15) is 11.5 Å². The third kappa shape index (κ3) is 6.17. The van der Waals surface area contributed by atoms with E-state index in [0.29, 0.717) is 28.8 Å². The first kappa shape index (κ1) is 23.0. The fourth-order valence-corrected chi connectivity index (χ4v) is 3.39. The van der Waals surface area contributed by atoms with Crippen LogP contribution in [0, 0.1) is 6.92 Å². The van der Waals surface area contributed by atoms with E-state index in [1.807, 2.05) is 17.5 Å². The van der Waals surface area contributed by atoms with Gasteiger partial charge in [0.2, 0.25) is 11.8 Å². The monoisotopic (exact) mass is 457 g/mol. The number of hydrogen-bond acceptors (Lipinski definition) is 8. The second-order valence-corrected chi connectivity index (χ2v) is 7.81. The number of benzene rings is 1. The molecule has 3 aromatic rings. The van der Waals surface area contributed by atoms with Crippen LogP contribution in [-0.2, 0) is 25.5 Å². The van der Waals surface area contributed by atoms with Gasteiger partial charge in [-0.05, 0) is 30.5 Å². The van der Waals surface area contributed by atoms with Crippen LogP contribution in [0.5, 0.6) is 5.75 Å². The zero-order valence-corrected chi connectivity index (χ0v) is 18.7. The first-order chi connectivity index (χ1) is 15.4. The Labute approximate surface area is 189 Å². The van der Waals surface area contributed by atoms with Gasteiger partial charge in [-0.2, -0.15) is 0 Å². The van der Waals surface area contributed by atoms with E-state index in [0.717, 1.165) is 4.88 Å². The Kier molecular flexibility index (Phi) is 7.61. The normalized spacial score (nSPS) is 10.5. The van der Waals surface area contributed by atoms with E-state index in [4.69, 9.17) is 13.9 Å². The zero-order chi connectivity index (χ0) is 23.1. The van der Waals surface area contributed by atoms with Crippen molar-refractivity contribution in [3.05, 3.63) is 53.2 Å². The molecule has 0 unspecified atom stereocenters. The molecule has 0 fully saturated rings. The largest absolute Gasteiger partial charge is 0.497 e. The van der Waals surface area contributed by atoms with Crippen LogP contribution >= 0.6 is 11.3 Å². The number of aryl methyl sites for hydroxylation is 1. The van der Waals surface area contributed by atoms with Gasteiger partial charge in [0.25, 0.3) is 5.91 Å². The Morgan fingerprint density at radius 1 is 1.22 bits per heavy atom. The van der Waals surface area contributed by atoms with Crippen LogP contribution in [0.4, 0.5) is 5.69 Å². The maximum absolute atomic E-state index is 12.2. The van der Waals surface area contributed by atoms with Crippen molar-refractivity contribution in [2.45, 2.75) is 13.3 Å². The van der Waals surface area contributed by atoms with Gasteiger partial charge in [0.15, 0.2) is 6.61 Å². The summed E-state index contributed by atoms with van der Waals surface area (Å²) in [5.74, 6) is 0.0573. The number of anilines is 1. The Hall–Kier alpha value is -3.66. The van der Waals surface area contributed by atoms with Crippen molar-refractivity contribution in [1.82, 2.24) is 9.88 Å². The topological polar surface area (TPSA) is 111 Å². The molecule has 3 rings (SSSR count). The minimum atomic E-state index is -0.610. The molecule has 0 aliphatic rings. The lowest BCUT2D eigenvalue weighted by Gasteiger charge is -2.17. The molecule has 1 N–H and O–H groups in total. The molecule has 168 valence electrons. The summed E-state index contributed by atoms with van der Waals surface area (Å²) in [4.78, 5) is 42.9. The second-order valence-electron chi connectivity index (χ2n) is 6.87. The molecule has 0 spiro atoms. The number of carbonyl (C=O) groups is 3. The number of nitrogens with zero attached hydrogens (tertiary/aromatic N) is 2. The number of hydrogen-bond donors (Lipinski definition) is 1. The number of rotatable bonds is 9. The van der Waals surface area contributed by atoms with Crippen molar-refractivity contribution in [3.8, 4) is 16.5 Å². The Morgan fingerprint density at radius 3 is 2.75 bits per heavy atom. The molecule has 0 bridgehead atoms. The summed E-state index contributed by atoms with van der Waals surface area (Å²) in [6, 6.07) is 10.6. The highest BCUT2D eigenvalue weighted by molar-refractivity contribution is 7.13. The molecule has 0 saturated heterocycles. The van der Waals surface area contributed by atoms with E-state index in [-0.39, 0.29) is 18.9 Å². The van der Waals surface area contributed by atoms with Gasteiger partial charge in [0.1, 0.15) is 11.5 Å². The molecular weight excluding hydrogens is 434 g/mol. The van der Waals surface area contributed by atoms with Gasteiger partial charge < -0.3 is 24.1 Å². The van der Waals surface area contributed by atoms with E-state index < -0.39 is 18.5 Å². The molecule has 0 aliphatic heterocycles.